The average Bonchev–Trinajstić information content (AvgIpc) is 1.90. The van der Waals surface area contributed by atoms with Crippen LogP contribution in [0.5, 0.6) is 0 Å². The number of aliphatic hydroxyl groups is 1. The number of rotatable bonds is 1. The van der Waals surface area contributed by atoms with Crippen molar-refractivity contribution in [2.75, 3.05) is 0 Å². The molecule has 1 rings (SSSR count). The molecule has 0 amide bonds. The van der Waals surface area contributed by atoms with Gasteiger partial charge in [-0.3, -0.25) is 4.98 Å². The minimum absolute atomic E-state index is 0.0572. The van der Waals surface area contributed by atoms with Crippen molar-refractivity contribution in [2.45, 2.75) is 6.61 Å². The quantitative estimate of drug-likeness (QED) is 0.564. The summed E-state index contributed by atoms with van der Waals surface area (Å²) in [6, 6.07) is 3.44. The Morgan fingerprint density at radius 2 is 2.62 bits per heavy atom. The van der Waals surface area contributed by atoms with Crippen LogP contribution in [0.25, 0.3) is 0 Å². The third-order valence-electron chi connectivity index (χ3n) is 0.859. The maximum atomic E-state index is 8.48. The molecule has 1 N–H and O–H groups in total. The molecule has 0 saturated heterocycles. The van der Waals surface area contributed by atoms with Crippen molar-refractivity contribution < 1.29 is 5.11 Å². The van der Waals surface area contributed by atoms with Gasteiger partial charge in [0.25, 0.3) is 0 Å². The largest absolute Gasteiger partial charge is 0.392 e. The Balaban J connectivity index is 2.83. The van der Waals surface area contributed by atoms with Crippen molar-refractivity contribution in [1.82, 2.24) is 4.98 Å². The van der Waals surface area contributed by atoms with E-state index in [-0.39, 0.29) is 6.61 Å². The summed E-state index contributed by atoms with van der Waals surface area (Å²) in [7, 11) is 0. The van der Waals surface area contributed by atoms with E-state index in [2.05, 4.69) is 11.2 Å². The van der Waals surface area contributed by atoms with Crippen LogP contribution < -0.4 is 0 Å². The third-order valence-corrected chi connectivity index (χ3v) is 0.859. The van der Waals surface area contributed by atoms with E-state index in [9.17, 15) is 0 Å². The molecule has 1 radical (unpaired) electrons. The first-order valence-electron chi connectivity index (χ1n) is 2.35. The highest BCUT2D eigenvalue weighted by Crippen LogP contribution is 1.91. The van der Waals surface area contributed by atoms with E-state index in [1.54, 1.807) is 18.3 Å². The van der Waals surface area contributed by atoms with Gasteiger partial charge in [0.15, 0.2) is 0 Å². The molecule has 0 aliphatic rings. The summed E-state index contributed by atoms with van der Waals surface area (Å²) in [5.74, 6) is 0. The van der Waals surface area contributed by atoms with Crippen molar-refractivity contribution in [1.29, 1.82) is 0 Å². The maximum absolute atomic E-state index is 8.48. The minimum Gasteiger partial charge on any atom is -0.392 e. The molecule has 0 unspecified atom stereocenters. The van der Waals surface area contributed by atoms with Crippen LogP contribution in [-0.4, -0.2) is 10.1 Å². The molecule has 1 heterocycles. The molecule has 0 aliphatic carbocycles. The zero-order valence-electron chi connectivity index (χ0n) is 4.33. The number of nitrogens with zero attached hydrogens (tertiary/aromatic N) is 1. The summed E-state index contributed by atoms with van der Waals surface area (Å²) in [5, 5.41) is 8.48. The van der Waals surface area contributed by atoms with Crippen molar-refractivity contribution in [3.8, 4) is 0 Å². The van der Waals surface area contributed by atoms with Gasteiger partial charge in [0.05, 0.1) is 12.8 Å². The van der Waals surface area contributed by atoms with Crippen LogP contribution in [-0.2, 0) is 6.61 Å². The number of aromatic nitrogens is 1. The Morgan fingerprint density at radius 3 is 3.00 bits per heavy atom. The lowest BCUT2D eigenvalue weighted by Gasteiger charge is -1.87. The smallest absolute Gasteiger partial charge is 0.0886 e. The predicted octanol–water partition coefficient (Wildman–Crippen LogP) is 0.374. The first-order chi connectivity index (χ1) is 3.93. The van der Waals surface area contributed by atoms with Crippen LogP contribution in [0.3, 0.4) is 0 Å². The molecule has 0 saturated carbocycles. The molecule has 41 valence electrons. The third kappa shape index (κ3) is 1.04. The van der Waals surface area contributed by atoms with Gasteiger partial charge < -0.3 is 5.11 Å². The number of hydrogen-bond donors (Lipinski definition) is 1. The van der Waals surface area contributed by atoms with Crippen LogP contribution in [0.15, 0.2) is 18.3 Å². The lowest BCUT2D eigenvalue weighted by molar-refractivity contribution is 0.281. The van der Waals surface area contributed by atoms with Gasteiger partial charge in [-0.2, -0.15) is 0 Å². The highest BCUT2D eigenvalue weighted by Gasteiger charge is 1.82. The van der Waals surface area contributed by atoms with Crippen LogP contribution in [0.1, 0.15) is 5.56 Å². The number of hydrogen-bond acceptors (Lipinski definition) is 2. The molecule has 8 heavy (non-hydrogen) atoms. The maximum Gasteiger partial charge on any atom is 0.0886 e. The van der Waals surface area contributed by atoms with Gasteiger partial charge in [0, 0.05) is 6.20 Å². The topological polar surface area (TPSA) is 33.1 Å². The fraction of sp³-hybridized carbons (Fsp3) is 0.167. The Morgan fingerprint density at radius 1 is 1.75 bits per heavy atom. The Hall–Kier alpha value is -0.890. The summed E-state index contributed by atoms with van der Waals surface area (Å²) >= 11 is 0. The molecule has 0 fully saturated rings. The van der Waals surface area contributed by atoms with Gasteiger partial charge >= 0.3 is 0 Å². The molecule has 0 bridgehead atoms. The van der Waals surface area contributed by atoms with Crippen molar-refractivity contribution in [2.24, 2.45) is 0 Å². The normalized spacial score (nSPS) is 9.12. The molecular formula is C6H6NO. The second-order valence-corrected chi connectivity index (χ2v) is 1.45. The molecule has 0 spiro atoms. The average molecular weight is 108 g/mol. The van der Waals surface area contributed by atoms with Crippen molar-refractivity contribution in [3.05, 3.63) is 30.1 Å². The van der Waals surface area contributed by atoms with E-state index >= 15 is 0 Å². The molecule has 1 aromatic rings. The lowest BCUT2D eigenvalue weighted by atomic mass is 10.3. The van der Waals surface area contributed by atoms with Crippen LogP contribution in [0, 0.1) is 6.20 Å². The molecule has 0 aliphatic heterocycles. The fourth-order valence-electron chi connectivity index (χ4n) is 0.444. The fourth-order valence-corrected chi connectivity index (χ4v) is 0.444. The van der Waals surface area contributed by atoms with Gasteiger partial charge in [-0.05, 0) is 11.6 Å². The molecule has 0 atom stereocenters. The minimum atomic E-state index is 0.0572. The molecule has 0 aromatic carbocycles. The van der Waals surface area contributed by atoms with E-state index in [0.717, 1.165) is 5.56 Å². The van der Waals surface area contributed by atoms with E-state index in [4.69, 9.17) is 5.11 Å². The van der Waals surface area contributed by atoms with Gasteiger partial charge in [-0.15, -0.1) is 0 Å². The van der Waals surface area contributed by atoms with Gasteiger partial charge in [-0.1, -0.05) is 6.07 Å². The summed E-state index contributed by atoms with van der Waals surface area (Å²) in [4.78, 5) is 3.67. The highest BCUT2D eigenvalue weighted by atomic mass is 16.3. The lowest BCUT2D eigenvalue weighted by Crippen LogP contribution is -1.81. The number of pyridine rings is 1. The first kappa shape index (κ1) is 5.25. The van der Waals surface area contributed by atoms with Crippen LogP contribution in [0.4, 0.5) is 0 Å². The molecular weight excluding hydrogens is 102 g/mol. The van der Waals surface area contributed by atoms with Crippen LogP contribution in [0.2, 0.25) is 0 Å². The van der Waals surface area contributed by atoms with Crippen LogP contribution >= 0.6 is 0 Å². The Bertz CT molecular complexity index is 150. The standard InChI is InChI=1S/C6H6NO/c8-5-6-2-1-3-7-4-6/h1-2,4,8H,5H2. The zero-order valence-corrected chi connectivity index (χ0v) is 4.33. The molecule has 2 nitrogen and oxygen atoms in total. The second kappa shape index (κ2) is 2.43. The van der Waals surface area contributed by atoms with Gasteiger partial charge in [0.2, 0.25) is 0 Å². The SMILES string of the molecule is OCc1cc[c]nc1. The van der Waals surface area contributed by atoms with Crippen molar-refractivity contribution >= 4 is 0 Å². The van der Waals surface area contributed by atoms with E-state index in [1.165, 1.54) is 0 Å². The Labute approximate surface area is 47.8 Å². The summed E-state index contributed by atoms with van der Waals surface area (Å²) in [6.07, 6.45) is 4.19. The molecule has 2 heteroatoms. The monoisotopic (exact) mass is 108 g/mol. The van der Waals surface area contributed by atoms with E-state index in [1.807, 2.05) is 0 Å². The van der Waals surface area contributed by atoms with E-state index < -0.39 is 0 Å². The first-order valence-corrected chi connectivity index (χ1v) is 2.35. The molecule has 1 aromatic heterocycles. The Kier molecular flexibility index (Phi) is 1.59. The second-order valence-electron chi connectivity index (χ2n) is 1.45. The van der Waals surface area contributed by atoms with Gasteiger partial charge in [-0.25, -0.2) is 0 Å². The predicted molar refractivity (Wildman–Crippen MR) is 29.0 cm³/mol. The zero-order chi connectivity index (χ0) is 5.82. The summed E-state index contributed by atoms with van der Waals surface area (Å²) < 4.78 is 0. The van der Waals surface area contributed by atoms with Crippen molar-refractivity contribution in [3.63, 3.8) is 0 Å². The number of aliphatic hydroxyl groups excluding tert-OH is 1. The van der Waals surface area contributed by atoms with E-state index in [0.29, 0.717) is 0 Å². The van der Waals surface area contributed by atoms with Gasteiger partial charge in [0.1, 0.15) is 0 Å². The highest BCUT2D eigenvalue weighted by molar-refractivity contribution is 5.05. The summed E-state index contributed by atoms with van der Waals surface area (Å²) in [5.41, 5.74) is 0.823. The summed E-state index contributed by atoms with van der Waals surface area (Å²) in [6.45, 7) is 0.0572.